The Hall–Kier alpha value is -3.54. The summed E-state index contributed by atoms with van der Waals surface area (Å²) < 4.78 is 40.2. The second-order valence-electron chi connectivity index (χ2n) is 8.91. The van der Waals surface area contributed by atoms with E-state index in [1.165, 1.54) is 29.0 Å². The van der Waals surface area contributed by atoms with Gasteiger partial charge in [-0.05, 0) is 37.1 Å². The molecule has 0 radical (unpaired) electrons. The predicted octanol–water partition coefficient (Wildman–Crippen LogP) is 4.27. The van der Waals surface area contributed by atoms with E-state index in [0.29, 0.717) is 16.1 Å². The summed E-state index contributed by atoms with van der Waals surface area (Å²) in [6, 6.07) is 11.0. The van der Waals surface area contributed by atoms with Gasteiger partial charge in [0, 0.05) is 32.9 Å². The average molecular weight is 577 g/mol. The smallest absolute Gasteiger partial charge is 0.329 e. The minimum atomic E-state index is -3.39. The molecule has 1 saturated heterocycles. The Morgan fingerprint density at radius 2 is 1.74 bits per heavy atom. The highest BCUT2D eigenvalue weighted by Gasteiger charge is 2.45. The van der Waals surface area contributed by atoms with Crippen molar-refractivity contribution in [2.24, 2.45) is 0 Å². The lowest BCUT2D eigenvalue weighted by molar-refractivity contribution is -0.144. The van der Waals surface area contributed by atoms with Crippen LogP contribution in [0.15, 0.2) is 54.9 Å². The third-order valence-corrected chi connectivity index (χ3v) is 8.78. The van der Waals surface area contributed by atoms with E-state index < -0.39 is 33.1 Å². The molecule has 1 amide bonds. The lowest BCUT2D eigenvalue weighted by atomic mass is 9.92. The lowest BCUT2D eigenvalue weighted by Gasteiger charge is -2.33. The highest BCUT2D eigenvalue weighted by atomic mass is 35.5. The van der Waals surface area contributed by atoms with Gasteiger partial charge in [-0.2, -0.15) is 5.10 Å². The zero-order valence-corrected chi connectivity index (χ0v) is 21.8. The molecule has 0 saturated carbocycles. The van der Waals surface area contributed by atoms with Crippen molar-refractivity contribution in [1.29, 1.82) is 0 Å². The number of aromatic nitrogens is 3. The van der Waals surface area contributed by atoms with Gasteiger partial charge in [0.15, 0.2) is 15.5 Å². The van der Waals surface area contributed by atoms with Crippen molar-refractivity contribution in [1.82, 2.24) is 19.9 Å². The van der Waals surface area contributed by atoms with Crippen LogP contribution in [0.1, 0.15) is 23.2 Å². The first-order chi connectivity index (χ1) is 18.0. The topological polar surface area (TPSA) is 131 Å². The van der Waals surface area contributed by atoms with Gasteiger partial charge in [-0.25, -0.2) is 27.1 Å². The van der Waals surface area contributed by atoms with Gasteiger partial charge >= 0.3 is 5.97 Å². The van der Waals surface area contributed by atoms with Gasteiger partial charge in [0.2, 0.25) is 0 Å². The van der Waals surface area contributed by atoms with Crippen LogP contribution in [-0.2, 0) is 14.6 Å². The van der Waals surface area contributed by atoms with E-state index in [1.54, 1.807) is 24.3 Å². The minimum Gasteiger partial charge on any atom is -0.480 e. The molecule has 0 spiro atoms. The van der Waals surface area contributed by atoms with Crippen molar-refractivity contribution in [3.63, 3.8) is 0 Å². The first-order valence-electron chi connectivity index (χ1n) is 11.3. The van der Waals surface area contributed by atoms with Crippen LogP contribution in [0.3, 0.4) is 0 Å². The van der Waals surface area contributed by atoms with Crippen LogP contribution in [0, 0.1) is 5.82 Å². The molecule has 3 heterocycles. The van der Waals surface area contributed by atoms with Gasteiger partial charge in [-0.15, -0.1) is 0 Å². The maximum absolute atomic E-state index is 15.2. The maximum atomic E-state index is 15.2. The molecule has 1 aliphatic rings. The van der Waals surface area contributed by atoms with E-state index in [1.807, 2.05) is 0 Å². The third kappa shape index (κ3) is 4.61. The van der Waals surface area contributed by atoms with E-state index in [0.717, 1.165) is 6.07 Å². The molecule has 196 valence electrons. The third-order valence-electron chi connectivity index (χ3n) is 6.56. The van der Waals surface area contributed by atoms with Crippen LogP contribution in [0.5, 0.6) is 0 Å². The van der Waals surface area contributed by atoms with Crippen LogP contribution >= 0.6 is 23.2 Å². The van der Waals surface area contributed by atoms with Crippen LogP contribution in [0.25, 0.3) is 28.0 Å². The summed E-state index contributed by atoms with van der Waals surface area (Å²) in [6.07, 6.45) is 2.07. The number of carbonyl (C=O) groups is 2. The average Bonchev–Trinajstić information content (AvgIpc) is 3.30. The van der Waals surface area contributed by atoms with Crippen LogP contribution < -0.4 is 5.32 Å². The Morgan fingerprint density at radius 1 is 1.03 bits per heavy atom. The van der Waals surface area contributed by atoms with Gasteiger partial charge in [0.05, 0.1) is 23.4 Å². The van der Waals surface area contributed by atoms with Crippen molar-refractivity contribution in [2.75, 3.05) is 11.5 Å². The Balaban J connectivity index is 1.65. The standard InChI is InChI=1S/C25H19Cl2FN4O5S/c26-14-5-6-16(20(28)11-14)21-17(15-3-1-2-4-19(15)27)12-29-22-18(13-30-32(21)22)23(33)31-25(24(34)35)7-9-38(36,37)10-8-25/h1-6,11-13H,7-10H2,(H,31,33)(H,34,35). The van der Waals surface area contributed by atoms with Gasteiger partial charge < -0.3 is 10.4 Å². The van der Waals surface area contributed by atoms with Gasteiger partial charge in [-0.1, -0.05) is 41.4 Å². The maximum Gasteiger partial charge on any atom is 0.329 e. The number of carboxylic acid groups (broad SMARTS) is 1. The van der Waals surface area contributed by atoms with Gasteiger partial charge in [0.25, 0.3) is 5.91 Å². The highest BCUT2D eigenvalue weighted by Crippen LogP contribution is 2.37. The van der Waals surface area contributed by atoms with Crippen molar-refractivity contribution < 1.29 is 27.5 Å². The number of sulfone groups is 1. The fourth-order valence-electron chi connectivity index (χ4n) is 4.47. The first kappa shape index (κ1) is 26.1. The number of nitrogens with zero attached hydrogens (tertiary/aromatic N) is 3. The van der Waals surface area contributed by atoms with Gasteiger partial charge in [-0.3, -0.25) is 4.79 Å². The largest absolute Gasteiger partial charge is 0.480 e. The van der Waals surface area contributed by atoms with Crippen LogP contribution in [0.4, 0.5) is 4.39 Å². The highest BCUT2D eigenvalue weighted by molar-refractivity contribution is 7.91. The molecule has 0 aliphatic carbocycles. The molecule has 0 atom stereocenters. The molecule has 38 heavy (non-hydrogen) atoms. The zero-order valence-electron chi connectivity index (χ0n) is 19.5. The Labute approximate surface area is 226 Å². The summed E-state index contributed by atoms with van der Waals surface area (Å²) in [6.45, 7) is 0. The van der Waals surface area contributed by atoms with E-state index in [2.05, 4.69) is 15.4 Å². The number of rotatable bonds is 5. The molecule has 0 unspecified atom stereocenters. The molecule has 13 heteroatoms. The number of carboxylic acids is 1. The lowest BCUT2D eigenvalue weighted by Crippen LogP contribution is -2.58. The fourth-order valence-corrected chi connectivity index (χ4v) is 6.39. The molecule has 2 N–H and O–H groups in total. The number of amides is 1. The van der Waals surface area contributed by atoms with E-state index in [9.17, 15) is 23.1 Å². The summed E-state index contributed by atoms with van der Waals surface area (Å²) in [7, 11) is -3.39. The van der Waals surface area contributed by atoms with E-state index >= 15 is 4.39 Å². The summed E-state index contributed by atoms with van der Waals surface area (Å²) in [5.41, 5.74) is -0.466. The molecule has 4 aromatic rings. The van der Waals surface area contributed by atoms with Crippen LogP contribution in [0.2, 0.25) is 10.0 Å². The number of hydrogen-bond donors (Lipinski definition) is 2. The Morgan fingerprint density at radius 3 is 2.39 bits per heavy atom. The Bertz CT molecular complexity index is 1710. The summed E-state index contributed by atoms with van der Waals surface area (Å²) >= 11 is 12.4. The molecule has 2 aromatic carbocycles. The number of halogens is 3. The SMILES string of the molecule is O=C(NC1(C(=O)O)CCS(=O)(=O)CC1)c1cnn2c(-c3ccc(Cl)cc3F)c(-c3ccccc3Cl)cnc12. The number of hydrogen-bond acceptors (Lipinski definition) is 6. The quantitative estimate of drug-likeness (QED) is 0.362. The van der Waals surface area contributed by atoms with Crippen molar-refractivity contribution in [2.45, 2.75) is 18.4 Å². The first-order valence-corrected chi connectivity index (χ1v) is 13.9. The molecule has 1 aliphatic heterocycles. The molecular weight excluding hydrogens is 558 g/mol. The van der Waals surface area contributed by atoms with Crippen molar-refractivity contribution in [3.8, 4) is 22.4 Å². The Kier molecular flexibility index (Phi) is 6.62. The van der Waals surface area contributed by atoms with Gasteiger partial charge in [0.1, 0.15) is 16.9 Å². The number of fused-ring (bicyclic) bond motifs is 1. The van der Waals surface area contributed by atoms with Crippen LogP contribution in [-0.4, -0.2) is 57.0 Å². The molecule has 1 fully saturated rings. The van der Waals surface area contributed by atoms with E-state index in [-0.39, 0.29) is 51.8 Å². The number of nitrogens with one attached hydrogen (secondary N) is 1. The second-order valence-corrected chi connectivity index (χ2v) is 12.1. The fraction of sp³-hybridized carbons (Fsp3) is 0.200. The monoisotopic (exact) mass is 576 g/mol. The van der Waals surface area contributed by atoms with Crippen molar-refractivity contribution >= 4 is 50.6 Å². The minimum absolute atomic E-state index is 0.0339. The molecule has 2 aromatic heterocycles. The number of benzene rings is 2. The second kappa shape index (κ2) is 9.64. The van der Waals surface area contributed by atoms with Crippen molar-refractivity contribution in [3.05, 3.63) is 76.3 Å². The predicted molar refractivity (Wildman–Crippen MR) is 140 cm³/mol. The van der Waals surface area contributed by atoms with E-state index in [4.69, 9.17) is 23.2 Å². The number of carbonyl (C=O) groups excluding carboxylic acids is 1. The molecule has 9 nitrogen and oxygen atoms in total. The molecule has 0 bridgehead atoms. The molecular formula is C25H19Cl2FN4O5S. The number of aliphatic carboxylic acids is 1. The summed E-state index contributed by atoms with van der Waals surface area (Å²) in [5.74, 6) is -3.52. The normalized spacial score (nSPS) is 16.3. The zero-order chi connectivity index (χ0) is 27.2. The summed E-state index contributed by atoms with van der Waals surface area (Å²) in [4.78, 5) is 29.8. The molecule has 5 rings (SSSR count). The summed E-state index contributed by atoms with van der Waals surface area (Å²) in [5, 5.41) is 17.2.